The number of hydrogen-bond acceptors (Lipinski definition) is 5. The van der Waals surface area contributed by atoms with Crippen molar-refractivity contribution >= 4 is 22.6 Å². The number of likely N-dealkylation sites (tertiary alicyclic amines) is 1. The molecule has 2 fully saturated rings. The highest BCUT2D eigenvalue weighted by molar-refractivity contribution is 5.84. The van der Waals surface area contributed by atoms with Crippen molar-refractivity contribution in [3.05, 3.63) is 48.5 Å². The average Bonchev–Trinajstić information content (AvgIpc) is 3.40. The van der Waals surface area contributed by atoms with E-state index in [0.29, 0.717) is 18.6 Å². The monoisotopic (exact) mass is 501 g/mol. The highest BCUT2D eigenvalue weighted by Gasteiger charge is 2.58. The van der Waals surface area contributed by atoms with E-state index in [9.17, 15) is 9.59 Å². The number of Topliss-reactive ketones (excluding diaryl/α,β-unsaturated/α-hetero) is 1. The first-order chi connectivity index (χ1) is 18.0. The van der Waals surface area contributed by atoms with Gasteiger partial charge in [-0.2, -0.15) is 0 Å². The summed E-state index contributed by atoms with van der Waals surface area (Å²) >= 11 is 0. The molecule has 1 aliphatic heterocycles. The SMILES string of the molecule is CCC(=O)CCCCC[C@H](NC(=O)[C@H]1CC12CCN(C)CC2)c1ncc(-c2ccc3ncccc3c2)[nH]1. The van der Waals surface area contributed by atoms with Crippen molar-refractivity contribution in [2.24, 2.45) is 11.3 Å². The lowest BCUT2D eigenvalue weighted by Crippen LogP contribution is -2.36. The van der Waals surface area contributed by atoms with Crippen LogP contribution in [-0.2, 0) is 9.59 Å². The van der Waals surface area contributed by atoms with Crippen molar-refractivity contribution in [3.63, 3.8) is 0 Å². The quantitative estimate of drug-likeness (QED) is 0.341. The number of ketones is 1. The highest BCUT2D eigenvalue weighted by atomic mass is 16.2. The van der Waals surface area contributed by atoms with Gasteiger partial charge in [0.05, 0.1) is 23.4 Å². The number of H-pyrrole nitrogens is 1. The normalized spacial score (nSPS) is 19.7. The Morgan fingerprint density at radius 1 is 1.16 bits per heavy atom. The molecule has 2 aliphatic rings. The fraction of sp³-hybridized carbons (Fsp3) is 0.533. The Morgan fingerprint density at radius 3 is 2.81 bits per heavy atom. The van der Waals surface area contributed by atoms with Gasteiger partial charge in [-0.05, 0) is 75.9 Å². The summed E-state index contributed by atoms with van der Waals surface area (Å²) in [4.78, 5) is 40.0. The fourth-order valence-corrected chi connectivity index (χ4v) is 5.81. The van der Waals surface area contributed by atoms with E-state index in [1.807, 2.05) is 25.3 Å². The molecule has 1 saturated heterocycles. The number of pyridine rings is 1. The first-order valence-corrected chi connectivity index (χ1v) is 13.9. The molecule has 0 bridgehead atoms. The Balaban J connectivity index is 1.27. The van der Waals surface area contributed by atoms with Crippen LogP contribution >= 0.6 is 0 Å². The van der Waals surface area contributed by atoms with Crippen LogP contribution in [-0.4, -0.2) is 51.7 Å². The molecule has 1 amide bonds. The van der Waals surface area contributed by atoms with E-state index in [-0.39, 0.29) is 23.3 Å². The number of piperidine rings is 1. The maximum Gasteiger partial charge on any atom is 0.224 e. The third-order valence-electron chi connectivity index (χ3n) is 8.49. The van der Waals surface area contributed by atoms with Crippen molar-refractivity contribution in [1.82, 2.24) is 25.2 Å². The van der Waals surface area contributed by atoms with Crippen LogP contribution in [0.5, 0.6) is 0 Å². The number of amides is 1. The third kappa shape index (κ3) is 5.93. The first kappa shape index (κ1) is 25.6. The smallest absolute Gasteiger partial charge is 0.224 e. The molecule has 3 heterocycles. The lowest BCUT2D eigenvalue weighted by atomic mass is 9.91. The van der Waals surface area contributed by atoms with Crippen LogP contribution in [0, 0.1) is 11.3 Å². The molecule has 0 unspecified atom stereocenters. The van der Waals surface area contributed by atoms with E-state index >= 15 is 0 Å². The molecule has 1 spiro atoms. The van der Waals surface area contributed by atoms with Crippen LogP contribution in [0.3, 0.4) is 0 Å². The number of nitrogens with zero attached hydrogens (tertiary/aromatic N) is 3. The minimum absolute atomic E-state index is 0.119. The summed E-state index contributed by atoms with van der Waals surface area (Å²) in [5, 5.41) is 4.44. The Kier molecular flexibility index (Phi) is 7.70. The number of aromatic nitrogens is 3. The third-order valence-corrected chi connectivity index (χ3v) is 8.49. The molecule has 2 N–H and O–H groups in total. The number of carbonyl (C=O) groups is 2. The van der Waals surface area contributed by atoms with E-state index in [1.54, 1.807) is 6.20 Å². The van der Waals surface area contributed by atoms with Gasteiger partial charge in [0.1, 0.15) is 11.6 Å². The van der Waals surface area contributed by atoms with E-state index < -0.39 is 0 Å². The van der Waals surface area contributed by atoms with Gasteiger partial charge in [0.2, 0.25) is 5.91 Å². The van der Waals surface area contributed by atoms with Crippen molar-refractivity contribution in [3.8, 4) is 11.3 Å². The predicted octanol–water partition coefficient (Wildman–Crippen LogP) is 5.44. The summed E-state index contributed by atoms with van der Waals surface area (Å²) in [6.07, 6.45) is 11.8. The number of carbonyl (C=O) groups excluding carboxylic acids is 2. The van der Waals surface area contributed by atoms with Crippen molar-refractivity contribution < 1.29 is 9.59 Å². The van der Waals surface area contributed by atoms with E-state index in [4.69, 9.17) is 4.98 Å². The van der Waals surface area contributed by atoms with E-state index in [1.165, 1.54) is 0 Å². The molecule has 37 heavy (non-hydrogen) atoms. The molecule has 7 heteroatoms. The van der Waals surface area contributed by atoms with E-state index in [0.717, 1.165) is 86.0 Å². The summed E-state index contributed by atoms with van der Waals surface area (Å²) in [7, 11) is 2.16. The van der Waals surface area contributed by atoms with E-state index in [2.05, 4.69) is 45.4 Å². The predicted molar refractivity (Wildman–Crippen MR) is 146 cm³/mol. The molecular weight excluding hydrogens is 462 g/mol. The number of aromatic amines is 1. The molecule has 7 nitrogen and oxygen atoms in total. The topological polar surface area (TPSA) is 91.0 Å². The summed E-state index contributed by atoms with van der Waals surface area (Å²) < 4.78 is 0. The number of hydrogen-bond donors (Lipinski definition) is 2. The Hall–Kier alpha value is -3.06. The molecule has 2 atom stereocenters. The Bertz CT molecular complexity index is 1240. The molecule has 1 aromatic carbocycles. The number of nitrogens with one attached hydrogen (secondary N) is 2. The molecule has 5 rings (SSSR count). The van der Waals surface area contributed by atoms with Crippen molar-refractivity contribution in [1.29, 1.82) is 0 Å². The summed E-state index contributed by atoms with van der Waals surface area (Å²) in [6, 6.07) is 10.0. The number of imidazole rings is 1. The Labute approximate surface area is 219 Å². The van der Waals surface area contributed by atoms with Crippen LogP contribution in [0.1, 0.15) is 76.6 Å². The largest absolute Gasteiger partial charge is 0.346 e. The van der Waals surface area contributed by atoms with Gasteiger partial charge in [0.25, 0.3) is 0 Å². The number of rotatable bonds is 11. The second kappa shape index (κ2) is 11.1. The van der Waals surface area contributed by atoms with Gasteiger partial charge in [0.15, 0.2) is 0 Å². The summed E-state index contributed by atoms with van der Waals surface area (Å²) in [5.41, 5.74) is 3.15. The Morgan fingerprint density at radius 2 is 2.00 bits per heavy atom. The number of unbranched alkanes of at least 4 members (excludes halogenated alkanes) is 2. The highest BCUT2D eigenvalue weighted by Crippen LogP contribution is 2.59. The van der Waals surface area contributed by atoms with Gasteiger partial charge in [-0.1, -0.05) is 31.9 Å². The standard InChI is InChI=1S/C30H39N5O2/c1-3-23(36)9-5-4-6-10-26(34-29(37)24-19-30(24)13-16-35(2)17-14-30)28-32-20-27(33-28)22-11-12-25-21(18-22)8-7-15-31-25/h7-8,11-12,15,18,20,24,26H,3-6,9-10,13-14,16-17,19H2,1-2H3,(H,32,33)(H,34,37)/t24-,26+/m1/s1. The molecule has 2 aromatic heterocycles. The zero-order valence-corrected chi connectivity index (χ0v) is 22.1. The van der Waals surface area contributed by atoms with Crippen molar-refractivity contribution in [2.75, 3.05) is 20.1 Å². The van der Waals surface area contributed by atoms with Gasteiger partial charge in [0, 0.05) is 35.9 Å². The molecule has 3 aromatic rings. The second-order valence-corrected chi connectivity index (χ2v) is 11.1. The molecule has 1 saturated carbocycles. The van der Waals surface area contributed by atoms with Gasteiger partial charge >= 0.3 is 0 Å². The fourth-order valence-electron chi connectivity index (χ4n) is 5.81. The van der Waals surface area contributed by atoms with Gasteiger partial charge < -0.3 is 15.2 Å². The zero-order valence-electron chi connectivity index (χ0n) is 22.1. The average molecular weight is 502 g/mol. The minimum Gasteiger partial charge on any atom is -0.346 e. The first-order valence-electron chi connectivity index (χ1n) is 13.9. The molecular formula is C30H39N5O2. The molecule has 0 radical (unpaired) electrons. The van der Waals surface area contributed by atoms with Gasteiger partial charge in [-0.15, -0.1) is 0 Å². The molecule has 1 aliphatic carbocycles. The lowest BCUT2D eigenvalue weighted by molar-refractivity contribution is -0.124. The van der Waals surface area contributed by atoms with Crippen LogP contribution < -0.4 is 5.32 Å². The van der Waals surface area contributed by atoms with Crippen LogP contribution in [0.15, 0.2) is 42.7 Å². The van der Waals surface area contributed by atoms with Crippen molar-refractivity contribution in [2.45, 2.75) is 70.8 Å². The number of benzene rings is 1. The minimum atomic E-state index is -0.158. The maximum absolute atomic E-state index is 13.4. The van der Waals surface area contributed by atoms with Crippen LogP contribution in [0.25, 0.3) is 22.2 Å². The number of fused-ring (bicyclic) bond motifs is 1. The van der Waals surface area contributed by atoms with Gasteiger partial charge in [-0.25, -0.2) is 4.98 Å². The summed E-state index contributed by atoms with van der Waals surface area (Å²) in [6.45, 7) is 4.07. The van der Waals surface area contributed by atoms with Crippen LogP contribution in [0.4, 0.5) is 0 Å². The van der Waals surface area contributed by atoms with Gasteiger partial charge in [-0.3, -0.25) is 14.6 Å². The second-order valence-electron chi connectivity index (χ2n) is 11.1. The lowest BCUT2D eigenvalue weighted by Gasteiger charge is -2.30. The molecule has 196 valence electrons. The summed E-state index contributed by atoms with van der Waals surface area (Å²) in [5.74, 6) is 1.42. The van der Waals surface area contributed by atoms with Crippen LogP contribution in [0.2, 0.25) is 0 Å². The zero-order chi connectivity index (χ0) is 25.8. The maximum atomic E-state index is 13.4.